The molecule has 0 atom stereocenters. The number of hydrogen-bond acceptors (Lipinski definition) is 2. The Morgan fingerprint density at radius 1 is 1.21 bits per heavy atom. The van der Waals surface area contributed by atoms with Crippen molar-refractivity contribution in [2.45, 2.75) is 26.4 Å². The summed E-state index contributed by atoms with van der Waals surface area (Å²) in [6.45, 7) is 2.92. The Balaban J connectivity index is 1.98. The Kier molecular flexibility index (Phi) is 4.27. The molecule has 1 N–H and O–H groups in total. The van der Waals surface area contributed by atoms with E-state index in [1.165, 1.54) is 6.07 Å². The van der Waals surface area contributed by atoms with E-state index < -0.39 is 11.6 Å². The molecule has 0 saturated heterocycles. The van der Waals surface area contributed by atoms with Crippen LogP contribution in [0.1, 0.15) is 23.7 Å². The fraction of sp³-hybridized carbons (Fsp3) is 0.357. The first-order valence-electron chi connectivity index (χ1n) is 6.26. The van der Waals surface area contributed by atoms with Gasteiger partial charge in [-0.2, -0.15) is 5.10 Å². The van der Waals surface area contributed by atoms with Gasteiger partial charge in [-0.1, -0.05) is 6.92 Å². The van der Waals surface area contributed by atoms with Gasteiger partial charge in [-0.05, 0) is 24.6 Å². The van der Waals surface area contributed by atoms with Crippen LogP contribution < -0.4 is 5.32 Å². The molecule has 0 aliphatic heterocycles. The van der Waals surface area contributed by atoms with Gasteiger partial charge in [-0.25, -0.2) is 8.78 Å². The summed E-state index contributed by atoms with van der Waals surface area (Å²) in [7, 11) is 1.87. The number of aryl methyl sites for hydroxylation is 2. The third kappa shape index (κ3) is 3.38. The van der Waals surface area contributed by atoms with E-state index in [-0.39, 0.29) is 0 Å². The molecule has 5 heteroatoms. The molecule has 0 bridgehead atoms. The van der Waals surface area contributed by atoms with Crippen molar-refractivity contribution in [2.75, 3.05) is 0 Å². The van der Waals surface area contributed by atoms with Crippen molar-refractivity contribution in [1.82, 2.24) is 15.1 Å². The summed E-state index contributed by atoms with van der Waals surface area (Å²) in [5.41, 5.74) is 2.44. The molecular weight excluding hydrogens is 248 g/mol. The van der Waals surface area contributed by atoms with Gasteiger partial charge in [0.05, 0.1) is 5.69 Å². The second-order valence-corrected chi connectivity index (χ2v) is 4.47. The lowest BCUT2D eigenvalue weighted by molar-refractivity contribution is 0.568. The first-order chi connectivity index (χ1) is 9.10. The monoisotopic (exact) mass is 265 g/mol. The van der Waals surface area contributed by atoms with E-state index in [1.54, 1.807) is 4.68 Å². The van der Waals surface area contributed by atoms with E-state index in [0.717, 1.165) is 29.8 Å². The van der Waals surface area contributed by atoms with Gasteiger partial charge in [-0.15, -0.1) is 0 Å². The maximum Gasteiger partial charge on any atom is 0.127 e. The number of hydrogen-bond donors (Lipinski definition) is 1. The molecule has 2 aromatic rings. The van der Waals surface area contributed by atoms with Crippen molar-refractivity contribution in [1.29, 1.82) is 0 Å². The van der Waals surface area contributed by atoms with Crippen LogP contribution in [-0.4, -0.2) is 9.78 Å². The Morgan fingerprint density at radius 2 is 1.95 bits per heavy atom. The lowest BCUT2D eigenvalue weighted by Crippen LogP contribution is -2.14. The van der Waals surface area contributed by atoms with Crippen LogP contribution in [0.25, 0.3) is 0 Å². The fourth-order valence-corrected chi connectivity index (χ4v) is 2.04. The number of rotatable bonds is 5. The molecular formula is C14H17F2N3. The Labute approximate surface area is 111 Å². The predicted octanol–water partition coefficient (Wildman–Crippen LogP) is 2.55. The topological polar surface area (TPSA) is 29.9 Å². The number of benzene rings is 1. The molecule has 1 aromatic carbocycles. The van der Waals surface area contributed by atoms with Gasteiger partial charge in [0.25, 0.3) is 0 Å². The van der Waals surface area contributed by atoms with Gasteiger partial charge in [0.1, 0.15) is 11.6 Å². The minimum absolute atomic E-state index is 0.293. The van der Waals surface area contributed by atoms with E-state index in [0.29, 0.717) is 18.7 Å². The van der Waals surface area contributed by atoms with Gasteiger partial charge < -0.3 is 5.32 Å². The number of halogens is 2. The standard InChI is InChI=1S/C14H17F2N3/c1-3-14-11(9-19(2)18-14)8-17-7-10-6-12(15)4-5-13(10)16/h4-6,9,17H,3,7-8H2,1-2H3. The summed E-state index contributed by atoms with van der Waals surface area (Å²) < 4.78 is 28.2. The highest BCUT2D eigenvalue weighted by molar-refractivity contribution is 5.20. The lowest BCUT2D eigenvalue weighted by Gasteiger charge is -2.06. The van der Waals surface area contributed by atoms with Crippen LogP contribution in [0, 0.1) is 11.6 Å². The molecule has 0 radical (unpaired) electrons. The first-order valence-corrected chi connectivity index (χ1v) is 6.26. The van der Waals surface area contributed by atoms with Crippen LogP contribution in [-0.2, 0) is 26.6 Å². The fourth-order valence-electron chi connectivity index (χ4n) is 2.04. The molecule has 19 heavy (non-hydrogen) atoms. The van der Waals surface area contributed by atoms with E-state index in [2.05, 4.69) is 10.4 Å². The molecule has 0 amide bonds. The van der Waals surface area contributed by atoms with E-state index in [9.17, 15) is 8.78 Å². The average molecular weight is 265 g/mol. The summed E-state index contributed by atoms with van der Waals surface area (Å²) in [5, 5.41) is 7.44. The highest BCUT2D eigenvalue weighted by atomic mass is 19.1. The van der Waals surface area contributed by atoms with Crippen LogP contribution >= 0.6 is 0 Å². The zero-order valence-electron chi connectivity index (χ0n) is 11.1. The highest BCUT2D eigenvalue weighted by Crippen LogP contribution is 2.11. The normalized spacial score (nSPS) is 10.9. The molecule has 0 saturated carbocycles. The third-order valence-electron chi connectivity index (χ3n) is 2.97. The van der Waals surface area contributed by atoms with Crippen molar-refractivity contribution in [3.63, 3.8) is 0 Å². The van der Waals surface area contributed by atoms with Gasteiger partial charge in [0.2, 0.25) is 0 Å². The van der Waals surface area contributed by atoms with Crippen molar-refractivity contribution in [2.24, 2.45) is 7.05 Å². The zero-order chi connectivity index (χ0) is 13.8. The van der Waals surface area contributed by atoms with Gasteiger partial charge in [0, 0.05) is 37.5 Å². The Bertz CT molecular complexity index is 564. The molecule has 3 nitrogen and oxygen atoms in total. The van der Waals surface area contributed by atoms with Crippen molar-refractivity contribution >= 4 is 0 Å². The summed E-state index contributed by atoms with van der Waals surface area (Å²) >= 11 is 0. The number of nitrogens with zero attached hydrogens (tertiary/aromatic N) is 2. The molecule has 0 unspecified atom stereocenters. The lowest BCUT2D eigenvalue weighted by atomic mass is 10.2. The smallest absolute Gasteiger partial charge is 0.127 e. The Morgan fingerprint density at radius 3 is 2.68 bits per heavy atom. The quantitative estimate of drug-likeness (QED) is 0.900. The van der Waals surface area contributed by atoms with Crippen molar-refractivity contribution in [3.8, 4) is 0 Å². The Hall–Kier alpha value is -1.75. The molecule has 1 aromatic heterocycles. The molecule has 102 valence electrons. The van der Waals surface area contributed by atoms with Crippen LogP contribution in [0.2, 0.25) is 0 Å². The van der Waals surface area contributed by atoms with Gasteiger partial charge in [0.15, 0.2) is 0 Å². The predicted molar refractivity (Wildman–Crippen MR) is 69.5 cm³/mol. The summed E-state index contributed by atoms with van der Waals surface area (Å²) in [5.74, 6) is -0.815. The number of nitrogens with one attached hydrogen (secondary N) is 1. The van der Waals surface area contributed by atoms with Crippen LogP contribution in [0.4, 0.5) is 8.78 Å². The van der Waals surface area contributed by atoms with E-state index in [1.807, 2.05) is 20.2 Å². The molecule has 1 heterocycles. The molecule has 0 fully saturated rings. The van der Waals surface area contributed by atoms with Crippen molar-refractivity contribution < 1.29 is 8.78 Å². The molecule has 2 rings (SSSR count). The summed E-state index contributed by atoms with van der Waals surface area (Å²) in [6, 6.07) is 3.48. The van der Waals surface area contributed by atoms with Crippen LogP contribution in [0.15, 0.2) is 24.4 Å². The summed E-state index contributed by atoms with van der Waals surface area (Å²) in [6.07, 6.45) is 2.79. The maximum absolute atomic E-state index is 13.4. The average Bonchev–Trinajstić information content (AvgIpc) is 2.74. The van der Waals surface area contributed by atoms with E-state index in [4.69, 9.17) is 0 Å². The van der Waals surface area contributed by atoms with Crippen molar-refractivity contribution in [3.05, 3.63) is 52.9 Å². The van der Waals surface area contributed by atoms with Crippen LogP contribution in [0.5, 0.6) is 0 Å². The SMILES string of the molecule is CCc1nn(C)cc1CNCc1cc(F)ccc1F. The zero-order valence-corrected chi connectivity index (χ0v) is 11.1. The largest absolute Gasteiger partial charge is 0.308 e. The number of aromatic nitrogens is 2. The second kappa shape index (κ2) is 5.93. The second-order valence-electron chi connectivity index (χ2n) is 4.47. The van der Waals surface area contributed by atoms with Crippen LogP contribution in [0.3, 0.4) is 0 Å². The highest BCUT2D eigenvalue weighted by Gasteiger charge is 2.07. The third-order valence-corrected chi connectivity index (χ3v) is 2.97. The molecule has 0 spiro atoms. The maximum atomic E-state index is 13.4. The summed E-state index contributed by atoms with van der Waals surface area (Å²) in [4.78, 5) is 0. The van der Waals surface area contributed by atoms with Gasteiger partial charge in [-0.3, -0.25) is 4.68 Å². The molecule has 0 aliphatic rings. The first kappa shape index (κ1) is 13.7. The minimum Gasteiger partial charge on any atom is -0.308 e. The minimum atomic E-state index is -0.422. The van der Waals surface area contributed by atoms with E-state index >= 15 is 0 Å². The molecule has 0 aliphatic carbocycles. The van der Waals surface area contributed by atoms with Gasteiger partial charge >= 0.3 is 0 Å².